The van der Waals surface area contributed by atoms with Gasteiger partial charge in [-0.3, -0.25) is 4.79 Å². The lowest BCUT2D eigenvalue weighted by Crippen LogP contribution is -2.49. The molecule has 1 amide bonds. The number of piperidine rings is 1. The SMILES string of the molecule is CCC1CN(C(=O)c2c(O)cccc2O)CCC1N. The van der Waals surface area contributed by atoms with E-state index < -0.39 is 0 Å². The Bertz CT molecular complexity index is 456. The summed E-state index contributed by atoms with van der Waals surface area (Å²) in [6, 6.07) is 4.43. The molecule has 0 saturated carbocycles. The van der Waals surface area contributed by atoms with Crippen LogP contribution in [0.2, 0.25) is 0 Å². The van der Waals surface area contributed by atoms with Gasteiger partial charge in [0.1, 0.15) is 17.1 Å². The highest BCUT2D eigenvalue weighted by Crippen LogP contribution is 2.29. The average molecular weight is 264 g/mol. The Kier molecular flexibility index (Phi) is 3.95. The van der Waals surface area contributed by atoms with Crippen molar-refractivity contribution in [3.63, 3.8) is 0 Å². The number of nitrogens with zero attached hydrogens (tertiary/aromatic N) is 1. The number of phenolic OH excluding ortho intramolecular Hbond substituents is 2. The van der Waals surface area contributed by atoms with Crippen LogP contribution in [0.1, 0.15) is 30.1 Å². The molecule has 5 nitrogen and oxygen atoms in total. The van der Waals surface area contributed by atoms with Crippen LogP contribution in [-0.4, -0.2) is 40.2 Å². The van der Waals surface area contributed by atoms with Crippen LogP contribution < -0.4 is 5.73 Å². The van der Waals surface area contributed by atoms with Gasteiger partial charge in [-0.2, -0.15) is 0 Å². The van der Waals surface area contributed by atoms with E-state index in [1.54, 1.807) is 4.90 Å². The lowest BCUT2D eigenvalue weighted by atomic mass is 9.90. The molecule has 1 aromatic rings. The topological polar surface area (TPSA) is 86.8 Å². The van der Waals surface area contributed by atoms with Crippen molar-refractivity contribution in [1.29, 1.82) is 0 Å². The highest BCUT2D eigenvalue weighted by atomic mass is 16.3. The molecule has 1 heterocycles. The summed E-state index contributed by atoms with van der Waals surface area (Å²) in [5.41, 5.74) is 5.99. The van der Waals surface area contributed by atoms with Gasteiger partial charge in [-0.05, 0) is 24.5 Å². The Labute approximate surface area is 112 Å². The van der Waals surface area contributed by atoms with E-state index in [1.807, 2.05) is 0 Å². The standard InChI is InChI=1S/C14H20N2O3/c1-2-9-8-16(7-6-10(9)15)14(19)13-11(17)4-3-5-12(13)18/h3-5,9-10,17-18H,2,6-8,15H2,1H3. The molecule has 1 aliphatic heterocycles. The number of benzene rings is 1. The third-order valence-electron chi connectivity index (χ3n) is 3.84. The molecule has 1 aromatic carbocycles. The molecular formula is C14H20N2O3. The number of phenols is 2. The molecule has 2 rings (SSSR count). The molecule has 5 heteroatoms. The largest absolute Gasteiger partial charge is 0.507 e. The molecule has 1 fully saturated rings. The van der Waals surface area contributed by atoms with Gasteiger partial charge in [0.2, 0.25) is 0 Å². The van der Waals surface area contributed by atoms with Gasteiger partial charge >= 0.3 is 0 Å². The van der Waals surface area contributed by atoms with Crippen LogP contribution in [-0.2, 0) is 0 Å². The Hall–Kier alpha value is -1.75. The van der Waals surface area contributed by atoms with Gasteiger partial charge in [-0.1, -0.05) is 19.4 Å². The number of carbonyl (C=O) groups is 1. The van der Waals surface area contributed by atoms with E-state index in [0.29, 0.717) is 13.1 Å². The van der Waals surface area contributed by atoms with Crippen molar-refractivity contribution in [3.8, 4) is 11.5 Å². The molecule has 0 aliphatic carbocycles. The third kappa shape index (κ3) is 2.66. The van der Waals surface area contributed by atoms with E-state index in [-0.39, 0.29) is 34.9 Å². The van der Waals surface area contributed by atoms with Crippen molar-refractivity contribution in [1.82, 2.24) is 4.90 Å². The van der Waals surface area contributed by atoms with E-state index in [2.05, 4.69) is 6.92 Å². The first-order valence-electron chi connectivity index (χ1n) is 6.60. The van der Waals surface area contributed by atoms with E-state index in [4.69, 9.17) is 5.73 Å². The van der Waals surface area contributed by atoms with Crippen LogP contribution in [0.4, 0.5) is 0 Å². The number of hydrogen-bond donors (Lipinski definition) is 3. The van der Waals surface area contributed by atoms with Crippen LogP contribution in [0.25, 0.3) is 0 Å². The number of rotatable bonds is 2. The Balaban J connectivity index is 2.20. The zero-order valence-electron chi connectivity index (χ0n) is 11.0. The van der Waals surface area contributed by atoms with Crippen LogP contribution in [0.15, 0.2) is 18.2 Å². The maximum Gasteiger partial charge on any atom is 0.261 e. The first kappa shape index (κ1) is 13.7. The number of carbonyl (C=O) groups excluding carboxylic acids is 1. The fourth-order valence-electron chi connectivity index (χ4n) is 2.57. The molecular weight excluding hydrogens is 244 g/mol. The number of aromatic hydroxyl groups is 2. The maximum absolute atomic E-state index is 12.4. The summed E-state index contributed by atoms with van der Waals surface area (Å²) in [7, 11) is 0. The Morgan fingerprint density at radius 1 is 1.42 bits per heavy atom. The fourth-order valence-corrected chi connectivity index (χ4v) is 2.57. The monoisotopic (exact) mass is 264 g/mol. The second-order valence-corrected chi connectivity index (χ2v) is 5.04. The Morgan fingerprint density at radius 2 is 2.05 bits per heavy atom. The summed E-state index contributed by atoms with van der Waals surface area (Å²) in [5, 5.41) is 19.5. The third-order valence-corrected chi connectivity index (χ3v) is 3.84. The Morgan fingerprint density at radius 3 is 2.63 bits per heavy atom. The fraction of sp³-hybridized carbons (Fsp3) is 0.500. The van der Waals surface area contributed by atoms with Gasteiger partial charge < -0.3 is 20.8 Å². The summed E-state index contributed by atoms with van der Waals surface area (Å²) in [6.07, 6.45) is 1.66. The van der Waals surface area contributed by atoms with E-state index in [1.165, 1.54) is 18.2 Å². The summed E-state index contributed by atoms with van der Waals surface area (Å²) in [4.78, 5) is 14.0. The molecule has 0 radical (unpaired) electrons. The van der Waals surface area contributed by atoms with Crippen LogP contribution >= 0.6 is 0 Å². The molecule has 1 aliphatic rings. The normalized spacial score (nSPS) is 23.4. The zero-order chi connectivity index (χ0) is 14.0. The summed E-state index contributed by atoms with van der Waals surface area (Å²) < 4.78 is 0. The first-order chi connectivity index (χ1) is 9.04. The molecule has 2 unspecified atom stereocenters. The van der Waals surface area contributed by atoms with E-state index >= 15 is 0 Å². The van der Waals surface area contributed by atoms with Crippen LogP contribution in [0.3, 0.4) is 0 Å². The van der Waals surface area contributed by atoms with Gasteiger partial charge in [-0.15, -0.1) is 0 Å². The number of likely N-dealkylation sites (tertiary alicyclic amines) is 1. The minimum absolute atomic E-state index is 0.0205. The predicted octanol–water partition coefficient (Wildman–Crippen LogP) is 1.30. The molecule has 2 atom stereocenters. The summed E-state index contributed by atoms with van der Waals surface area (Å²) >= 11 is 0. The summed E-state index contributed by atoms with van der Waals surface area (Å²) in [5.74, 6) is -0.438. The first-order valence-corrected chi connectivity index (χ1v) is 6.60. The van der Waals surface area contributed by atoms with Crippen LogP contribution in [0.5, 0.6) is 11.5 Å². The second kappa shape index (κ2) is 5.48. The second-order valence-electron chi connectivity index (χ2n) is 5.04. The van der Waals surface area contributed by atoms with Crippen molar-refractivity contribution in [3.05, 3.63) is 23.8 Å². The quantitative estimate of drug-likeness (QED) is 0.751. The lowest BCUT2D eigenvalue weighted by molar-refractivity contribution is 0.0643. The average Bonchev–Trinajstić information content (AvgIpc) is 2.39. The van der Waals surface area contributed by atoms with Crippen molar-refractivity contribution in [2.24, 2.45) is 11.7 Å². The van der Waals surface area contributed by atoms with Gasteiger partial charge in [0.05, 0.1) is 0 Å². The molecule has 19 heavy (non-hydrogen) atoms. The van der Waals surface area contributed by atoms with Crippen molar-refractivity contribution >= 4 is 5.91 Å². The minimum Gasteiger partial charge on any atom is -0.507 e. The number of hydrogen-bond acceptors (Lipinski definition) is 4. The zero-order valence-corrected chi connectivity index (χ0v) is 11.0. The predicted molar refractivity (Wildman–Crippen MR) is 72.0 cm³/mol. The van der Waals surface area contributed by atoms with Crippen molar-refractivity contribution in [2.75, 3.05) is 13.1 Å². The molecule has 0 aromatic heterocycles. The number of amides is 1. The lowest BCUT2D eigenvalue weighted by Gasteiger charge is -2.36. The minimum atomic E-state index is -0.332. The smallest absolute Gasteiger partial charge is 0.261 e. The van der Waals surface area contributed by atoms with Gasteiger partial charge in [-0.25, -0.2) is 0 Å². The summed E-state index contributed by atoms with van der Waals surface area (Å²) in [6.45, 7) is 3.19. The van der Waals surface area contributed by atoms with Gasteiger partial charge in [0, 0.05) is 19.1 Å². The molecule has 0 bridgehead atoms. The maximum atomic E-state index is 12.4. The van der Waals surface area contributed by atoms with Crippen LogP contribution in [0, 0.1) is 5.92 Å². The van der Waals surface area contributed by atoms with E-state index in [9.17, 15) is 15.0 Å². The van der Waals surface area contributed by atoms with Crippen molar-refractivity contribution < 1.29 is 15.0 Å². The van der Waals surface area contributed by atoms with Crippen molar-refractivity contribution in [2.45, 2.75) is 25.8 Å². The number of nitrogens with two attached hydrogens (primary N) is 1. The van der Waals surface area contributed by atoms with E-state index in [0.717, 1.165) is 12.8 Å². The van der Waals surface area contributed by atoms with Gasteiger partial charge in [0.15, 0.2) is 0 Å². The molecule has 104 valence electrons. The molecule has 4 N–H and O–H groups in total. The highest BCUT2D eigenvalue weighted by Gasteiger charge is 2.30. The molecule has 1 saturated heterocycles. The highest BCUT2D eigenvalue weighted by molar-refractivity contribution is 5.99. The molecule has 0 spiro atoms. The van der Waals surface area contributed by atoms with Gasteiger partial charge in [0.25, 0.3) is 5.91 Å².